The van der Waals surface area contributed by atoms with E-state index in [-0.39, 0.29) is 18.4 Å². The summed E-state index contributed by atoms with van der Waals surface area (Å²) in [6.07, 6.45) is 17.4. The maximum absolute atomic E-state index is 15.4. The fraction of sp³-hybridized carbons (Fsp3) is 0.667. The van der Waals surface area contributed by atoms with Gasteiger partial charge in [-0.05, 0) is 18.9 Å². The van der Waals surface area contributed by atoms with Crippen LogP contribution in [0, 0.1) is 11.6 Å². The first kappa shape index (κ1) is 45.6. The number of unbranched alkanes of at least 4 members (excludes halogenated alkanes) is 12. The summed E-state index contributed by atoms with van der Waals surface area (Å²) >= 11 is 0. The van der Waals surface area contributed by atoms with E-state index >= 15 is 4.39 Å². The molecule has 14 nitrogen and oxygen atoms in total. The van der Waals surface area contributed by atoms with Crippen molar-refractivity contribution in [2.45, 2.75) is 135 Å². The molecule has 3 atom stereocenters. The molecule has 1 heterocycles. The number of nitrogens with two attached hydrogens (primary N) is 1. The maximum Gasteiger partial charge on any atom is 0.473 e. The molecule has 17 heteroatoms. The number of esters is 2. The second-order valence-corrected chi connectivity index (χ2v) is 14.2. The Labute approximate surface area is 311 Å². The minimum atomic E-state index is -5.19. The van der Waals surface area contributed by atoms with Gasteiger partial charge < -0.3 is 20.1 Å². The second kappa shape index (κ2) is 26.2. The van der Waals surface area contributed by atoms with Crippen molar-refractivity contribution in [1.29, 1.82) is 0 Å². The van der Waals surface area contributed by atoms with Gasteiger partial charge in [0.15, 0.2) is 6.10 Å². The molecule has 3 N–H and O–H groups in total. The van der Waals surface area contributed by atoms with Crippen LogP contribution in [0.5, 0.6) is 0 Å². The van der Waals surface area contributed by atoms with E-state index < -0.39 is 69.4 Å². The van der Waals surface area contributed by atoms with Crippen molar-refractivity contribution < 1.29 is 46.3 Å². The van der Waals surface area contributed by atoms with E-state index in [0.717, 1.165) is 95.4 Å². The zero-order chi connectivity index (χ0) is 38.8. The maximum atomic E-state index is 15.4. The highest BCUT2D eigenvalue weighted by molar-refractivity contribution is 7.47. The molecule has 0 fully saturated rings. The van der Waals surface area contributed by atoms with Gasteiger partial charge in [0.1, 0.15) is 42.8 Å². The number of hydrogen-bond donors (Lipinski definition) is 2. The number of benzene rings is 1. The normalized spacial score (nSPS) is 14.7. The molecule has 0 aliphatic heterocycles. The van der Waals surface area contributed by atoms with Crippen LogP contribution in [0.3, 0.4) is 0 Å². The Balaban J connectivity index is 2.20. The van der Waals surface area contributed by atoms with Crippen LogP contribution in [0.2, 0.25) is 0 Å². The predicted molar refractivity (Wildman–Crippen MR) is 197 cm³/mol. The summed E-state index contributed by atoms with van der Waals surface area (Å²) in [4.78, 5) is 48.0. The summed E-state index contributed by atoms with van der Waals surface area (Å²) in [5.74, 6) is -3.10. The molecule has 0 radical (unpaired) electrons. The predicted octanol–water partition coefficient (Wildman–Crippen LogP) is 7.34. The second-order valence-electron chi connectivity index (χ2n) is 12.9. The van der Waals surface area contributed by atoms with Crippen molar-refractivity contribution in [1.82, 2.24) is 14.8 Å². The Kier molecular flexibility index (Phi) is 22.5. The van der Waals surface area contributed by atoms with Gasteiger partial charge in [-0.1, -0.05) is 97.0 Å². The van der Waals surface area contributed by atoms with Crippen LogP contribution in [-0.2, 0) is 44.8 Å². The number of rotatable bonds is 30. The Morgan fingerprint density at radius 1 is 0.962 bits per heavy atom. The lowest BCUT2D eigenvalue weighted by Crippen LogP contribution is -2.39. The van der Waals surface area contributed by atoms with Crippen LogP contribution in [-0.4, -0.2) is 70.1 Å². The van der Waals surface area contributed by atoms with Crippen molar-refractivity contribution in [3.05, 3.63) is 48.1 Å². The molecule has 1 aromatic carbocycles. The van der Waals surface area contributed by atoms with Crippen LogP contribution in [0.15, 0.2) is 40.8 Å². The first-order chi connectivity index (χ1) is 25.5. The van der Waals surface area contributed by atoms with Crippen molar-refractivity contribution >= 4 is 32.4 Å². The molecule has 53 heavy (non-hydrogen) atoms. The summed E-state index contributed by atoms with van der Waals surface area (Å²) < 4.78 is 66.1. The van der Waals surface area contributed by atoms with Crippen molar-refractivity contribution in [3.8, 4) is 0 Å². The van der Waals surface area contributed by atoms with Crippen molar-refractivity contribution in [2.24, 2.45) is 15.7 Å². The number of aromatic nitrogens is 3. The highest BCUT2D eigenvalue weighted by Gasteiger charge is 2.44. The van der Waals surface area contributed by atoms with Gasteiger partial charge >= 0.3 is 19.8 Å². The van der Waals surface area contributed by atoms with Gasteiger partial charge in [0.25, 0.3) is 0 Å². The number of ether oxygens (including phenoxy) is 2. The monoisotopic (exact) mass is 770 g/mol. The van der Waals surface area contributed by atoms with Gasteiger partial charge in [0.05, 0.1) is 26.0 Å². The van der Waals surface area contributed by atoms with Crippen LogP contribution in [0.1, 0.15) is 122 Å². The van der Waals surface area contributed by atoms with E-state index in [9.17, 15) is 23.4 Å². The zero-order valence-corrected chi connectivity index (χ0v) is 32.0. The highest BCUT2D eigenvalue weighted by atomic mass is 31.2. The van der Waals surface area contributed by atoms with Gasteiger partial charge in [0.2, 0.25) is 0 Å². The van der Waals surface area contributed by atoms with E-state index in [2.05, 4.69) is 33.9 Å². The van der Waals surface area contributed by atoms with Crippen LogP contribution >= 0.6 is 7.82 Å². The van der Waals surface area contributed by atoms with Gasteiger partial charge in [-0.2, -0.15) is 5.10 Å². The van der Waals surface area contributed by atoms with E-state index in [1.54, 1.807) is 0 Å². The largest absolute Gasteiger partial charge is 0.473 e. The average molecular weight is 771 g/mol. The Morgan fingerprint density at radius 3 is 2.17 bits per heavy atom. The minimum Gasteiger partial charge on any atom is -0.462 e. The topological polar surface area (TPSA) is 190 Å². The van der Waals surface area contributed by atoms with E-state index in [1.165, 1.54) is 23.8 Å². The quantitative estimate of drug-likeness (QED) is 0.0266. The number of halogens is 2. The number of carbonyl (C=O) groups excluding carboxylic acids is 2. The lowest BCUT2D eigenvalue weighted by Gasteiger charge is -2.34. The van der Waals surface area contributed by atoms with Gasteiger partial charge in [-0.15, -0.1) is 0 Å². The standard InChI is InChI=1S/C36H57F2N6O8P/c1-3-5-7-9-11-13-15-17-34(45)49-22-31(51-35(46)18-16-14-12-10-8-6-4-2)23-50-53(47,48)52-36(24-40-27-41-26-39,25-44-29-42-28-43-44)32-20-19-30(37)21-33(32)38/h19-21,26-29,31H,3-18,22-25H2,1-2H3,(H,47,48)(H2,39,40,41). The molecular weight excluding hydrogens is 713 g/mol. The molecule has 0 saturated heterocycles. The van der Waals surface area contributed by atoms with Crippen molar-refractivity contribution in [2.75, 3.05) is 19.8 Å². The van der Waals surface area contributed by atoms with E-state index in [0.29, 0.717) is 18.9 Å². The molecule has 0 spiro atoms. The molecule has 0 saturated carbocycles. The molecule has 1 aromatic heterocycles. The molecule has 2 rings (SSSR count). The molecule has 0 amide bonds. The number of aliphatic imine (C=N–C) groups is 2. The van der Waals surface area contributed by atoms with Gasteiger partial charge in [-0.25, -0.2) is 28.0 Å². The average Bonchev–Trinajstić information content (AvgIpc) is 3.63. The Morgan fingerprint density at radius 2 is 1.58 bits per heavy atom. The Bertz CT molecular complexity index is 1430. The third-order valence-electron chi connectivity index (χ3n) is 8.30. The van der Waals surface area contributed by atoms with Crippen molar-refractivity contribution in [3.63, 3.8) is 0 Å². The van der Waals surface area contributed by atoms with Crippen LogP contribution in [0.25, 0.3) is 0 Å². The lowest BCUT2D eigenvalue weighted by molar-refractivity contribution is -0.161. The zero-order valence-electron chi connectivity index (χ0n) is 31.1. The molecule has 0 bridgehead atoms. The summed E-state index contributed by atoms with van der Waals surface area (Å²) in [7, 11) is -5.19. The molecule has 3 unspecified atom stereocenters. The first-order valence-corrected chi connectivity index (χ1v) is 20.1. The summed E-state index contributed by atoms with van der Waals surface area (Å²) in [5.41, 5.74) is 2.80. The third kappa shape index (κ3) is 19.3. The molecule has 298 valence electrons. The molecule has 2 aromatic rings. The van der Waals surface area contributed by atoms with Crippen LogP contribution in [0.4, 0.5) is 8.78 Å². The van der Waals surface area contributed by atoms with Gasteiger partial charge in [-0.3, -0.25) is 23.6 Å². The van der Waals surface area contributed by atoms with Crippen LogP contribution < -0.4 is 5.73 Å². The Hall–Kier alpha value is -3.59. The molecular formula is C36H57F2N6O8P. The van der Waals surface area contributed by atoms with Gasteiger partial charge in [0, 0.05) is 24.5 Å². The number of phosphoric ester groups is 1. The number of phosphoric acid groups is 1. The minimum absolute atomic E-state index is 0.0949. The number of hydrogen-bond acceptors (Lipinski definition) is 10. The summed E-state index contributed by atoms with van der Waals surface area (Å²) in [6, 6.07) is 2.58. The van der Waals surface area contributed by atoms with E-state index in [1.807, 2.05) is 0 Å². The summed E-state index contributed by atoms with van der Waals surface area (Å²) in [5, 5.41) is 4.00. The third-order valence-corrected chi connectivity index (χ3v) is 9.35. The lowest BCUT2D eigenvalue weighted by atomic mass is 9.93. The smallest absolute Gasteiger partial charge is 0.462 e. The SMILES string of the molecule is CCCCCCCCCC(=O)OCC(COP(=O)(O)OC(CN=CN=CN)(Cn1cncn1)c1ccc(F)cc1F)OC(=O)CCCCCCCCC. The summed E-state index contributed by atoms with van der Waals surface area (Å²) in [6.45, 7) is 2.17. The molecule has 0 aliphatic rings. The first-order valence-electron chi connectivity index (χ1n) is 18.6. The fourth-order valence-corrected chi connectivity index (χ4v) is 6.60. The van der Waals surface area contributed by atoms with E-state index in [4.69, 9.17) is 24.3 Å². The molecule has 0 aliphatic carbocycles. The number of nitrogens with zero attached hydrogens (tertiary/aromatic N) is 5. The fourth-order valence-electron chi connectivity index (χ4n) is 5.53. The highest BCUT2D eigenvalue weighted by Crippen LogP contribution is 2.51. The number of carbonyl (C=O) groups is 2.